The van der Waals surface area contributed by atoms with E-state index in [1.807, 2.05) is 24.3 Å². The molecule has 1 atom stereocenters. The normalized spacial score (nSPS) is 15.9. The van der Waals surface area contributed by atoms with Crippen LogP contribution in [0.15, 0.2) is 67.0 Å². The van der Waals surface area contributed by atoms with Gasteiger partial charge in [-0.2, -0.15) is 0 Å². The molecule has 0 aliphatic carbocycles. The predicted molar refractivity (Wildman–Crippen MR) is 118 cm³/mol. The molecule has 0 spiro atoms. The fourth-order valence-electron chi connectivity index (χ4n) is 3.73. The zero-order valence-electron chi connectivity index (χ0n) is 18.0. The third-order valence-corrected chi connectivity index (χ3v) is 5.42. The van der Waals surface area contributed by atoms with E-state index in [0.717, 1.165) is 11.3 Å². The van der Waals surface area contributed by atoms with Gasteiger partial charge in [0.15, 0.2) is 0 Å². The van der Waals surface area contributed by atoms with Crippen molar-refractivity contribution >= 4 is 11.8 Å². The van der Waals surface area contributed by atoms with Crippen LogP contribution in [0.25, 0.3) is 0 Å². The molecule has 1 saturated heterocycles. The molecule has 164 valence electrons. The molecule has 0 N–H and O–H groups in total. The number of hydrogen-bond donors (Lipinski definition) is 0. The van der Waals surface area contributed by atoms with Crippen LogP contribution in [-0.2, 0) is 4.79 Å². The summed E-state index contributed by atoms with van der Waals surface area (Å²) in [4.78, 5) is 37.2. The fraction of sp³-hybridized carbons (Fsp3) is 0.250. The van der Waals surface area contributed by atoms with Crippen LogP contribution in [0, 0.1) is 0 Å². The van der Waals surface area contributed by atoms with E-state index >= 15 is 0 Å². The van der Waals surface area contributed by atoms with Gasteiger partial charge in [0.05, 0.1) is 13.2 Å². The number of benzene rings is 2. The lowest BCUT2D eigenvalue weighted by molar-refractivity contribution is -0.131. The van der Waals surface area contributed by atoms with Gasteiger partial charge in [-0.05, 0) is 42.0 Å². The largest absolute Gasteiger partial charge is 0.497 e. The van der Waals surface area contributed by atoms with Crippen LogP contribution >= 0.6 is 0 Å². The lowest BCUT2D eigenvalue weighted by Crippen LogP contribution is -2.51. The number of methoxy groups -OCH3 is 1. The van der Waals surface area contributed by atoms with E-state index in [9.17, 15) is 9.59 Å². The number of aromatic nitrogens is 2. The first-order chi connectivity index (χ1) is 15.5. The summed E-state index contributed by atoms with van der Waals surface area (Å²) in [5, 5.41) is 0. The van der Waals surface area contributed by atoms with Gasteiger partial charge in [0.2, 0.25) is 5.91 Å². The first-order valence-electron chi connectivity index (χ1n) is 10.3. The quantitative estimate of drug-likeness (QED) is 0.615. The minimum absolute atomic E-state index is 0.00568. The molecule has 1 aromatic heterocycles. The van der Waals surface area contributed by atoms with E-state index in [0.29, 0.717) is 30.9 Å². The molecule has 2 amide bonds. The number of carbonyl (C=O) groups is 2. The van der Waals surface area contributed by atoms with Crippen molar-refractivity contribution in [2.45, 2.75) is 13.0 Å². The van der Waals surface area contributed by atoms with Crippen LogP contribution in [0.3, 0.4) is 0 Å². The van der Waals surface area contributed by atoms with E-state index in [1.54, 1.807) is 66.6 Å². The average molecular weight is 432 g/mol. The summed E-state index contributed by atoms with van der Waals surface area (Å²) in [5.41, 5.74) is 1.43. The SMILES string of the molecule is COc1ccc([C@H]2CN(C(C)=O)CCN2C(=O)c2cccc(Oc3ncccn3)c2)cc1. The Labute approximate surface area is 186 Å². The minimum atomic E-state index is -0.270. The standard InChI is InChI=1S/C24H24N4O4/c1-17(29)27-13-14-28(22(16-27)18-7-9-20(31-2)10-8-18)23(30)19-5-3-6-21(15-19)32-24-25-11-4-12-26-24/h3-12,15,22H,13-14,16H2,1-2H3/t22-/m1/s1. The van der Waals surface area contributed by atoms with E-state index in [4.69, 9.17) is 9.47 Å². The Morgan fingerprint density at radius 3 is 2.41 bits per heavy atom. The van der Waals surface area contributed by atoms with Crippen molar-refractivity contribution in [2.75, 3.05) is 26.7 Å². The summed E-state index contributed by atoms with van der Waals surface area (Å²) in [6, 6.07) is 16.2. The zero-order valence-corrected chi connectivity index (χ0v) is 18.0. The van der Waals surface area contributed by atoms with Crippen molar-refractivity contribution < 1.29 is 19.1 Å². The molecule has 1 aliphatic rings. The number of carbonyl (C=O) groups excluding carboxylic acids is 2. The summed E-state index contributed by atoms with van der Waals surface area (Å²) < 4.78 is 10.9. The van der Waals surface area contributed by atoms with Gasteiger partial charge < -0.3 is 19.3 Å². The van der Waals surface area contributed by atoms with Gasteiger partial charge in [-0.25, -0.2) is 9.97 Å². The topological polar surface area (TPSA) is 84.9 Å². The number of hydrogen-bond acceptors (Lipinski definition) is 6. The molecule has 8 nitrogen and oxygen atoms in total. The van der Waals surface area contributed by atoms with Gasteiger partial charge >= 0.3 is 6.01 Å². The highest BCUT2D eigenvalue weighted by Crippen LogP contribution is 2.29. The third-order valence-electron chi connectivity index (χ3n) is 5.42. The molecule has 4 rings (SSSR count). The first kappa shape index (κ1) is 21.3. The molecular formula is C24H24N4O4. The molecule has 2 heterocycles. The van der Waals surface area contributed by atoms with E-state index in [-0.39, 0.29) is 23.9 Å². The molecule has 0 unspecified atom stereocenters. The molecule has 1 aliphatic heterocycles. The summed E-state index contributed by atoms with van der Waals surface area (Å²) in [7, 11) is 1.61. The smallest absolute Gasteiger partial charge is 0.321 e. The van der Waals surface area contributed by atoms with Gasteiger partial charge in [0.1, 0.15) is 11.5 Å². The highest BCUT2D eigenvalue weighted by atomic mass is 16.5. The van der Waals surface area contributed by atoms with Crippen molar-refractivity contribution in [3.05, 3.63) is 78.1 Å². The number of amides is 2. The van der Waals surface area contributed by atoms with Gasteiger partial charge in [-0.1, -0.05) is 18.2 Å². The summed E-state index contributed by atoms with van der Waals surface area (Å²) in [6.45, 7) is 2.90. The maximum Gasteiger partial charge on any atom is 0.321 e. The Morgan fingerprint density at radius 2 is 1.72 bits per heavy atom. The molecule has 1 fully saturated rings. The minimum Gasteiger partial charge on any atom is -0.497 e. The van der Waals surface area contributed by atoms with Crippen molar-refractivity contribution in [1.29, 1.82) is 0 Å². The summed E-state index contributed by atoms with van der Waals surface area (Å²) in [6.07, 6.45) is 3.18. The van der Waals surface area contributed by atoms with E-state index < -0.39 is 0 Å². The molecule has 8 heteroatoms. The summed E-state index contributed by atoms with van der Waals surface area (Å²) in [5.74, 6) is 1.08. The monoisotopic (exact) mass is 432 g/mol. The second-order valence-electron chi connectivity index (χ2n) is 7.41. The Morgan fingerprint density at radius 1 is 0.969 bits per heavy atom. The number of nitrogens with zero attached hydrogens (tertiary/aromatic N) is 4. The number of piperazine rings is 1. The Hall–Kier alpha value is -3.94. The molecule has 0 saturated carbocycles. The van der Waals surface area contributed by atoms with Gasteiger partial charge in [0.25, 0.3) is 5.91 Å². The maximum absolute atomic E-state index is 13.5. The van der Waals surface area contributed by atoms with E-state index in [2.05, 4.69) is 9.97 Å². The first-order valence-corrected chi connectivity index (χ1v) is 10.3. The average Bonchev–Trinajstić information content (AvgIpc) is 2.84. The van der Waals surface area contributed by atoms with Gasteiger partial charge in [0, 0.05) is 44.5 Å². The molecule has 0 bridgehead atoms. The Bertz CT molecular complexity index is 1090. The number of ether oxygens (including phenoxy) is 2. The Balaban J connectivity index is 1.60. The van der Waals surface area contributed by atoms with Crippen LogP contribution < -0.4 is 9.47 Å². The molecular weight excluding hydrogens is 408 g/mol. The van der Waals surface area contributed by atoms with Crippen molar-refractivity contribution in [1.82, 2.24) is 19.8 Å². The van der Waals surface area contributed by atoms with Crippen LogP contribution in [0.4, 0.5) is 0 Å². The Kier molecular flexibility index (Phi) is 6.30. The van der Waals surface area contributed by atoms with Gasteiger partial charge in [-0.3, -0.25) is 9.59 Å². The molecule has 2 aromatic carbocycles. The molecule has 32 heavy (non-hydrogen) atoms. The molecule has 0 radical (unpaired) electrons. The van der Waals surface area contributed by atoms with Crippen molar-refractivity contribution in [3.8, 4) is 17.5 Å². The van der Waals surface area contributed by atoms with Crippen molar-refractivity contribution in [3.63, 3.8) is 0 Å². The second-order valence-corrected chi connectivity index (χ2v) is 7.41. The molecule has 3 aromatic rings. The highest BCUT2D eigenvalue weighted by Gasteiger charge is 2.33. The maximum atomic E-state index is 13.5. The third kappa shape index (κ3) is 4.69. The van der Waals surface area contributed by atoms with Crippen LogP contribution in [0.5, 0.6) is 17.5 Å². The second kappa shape index (κ2) is 9.47. The number of rotatable bonds is 5. The highest BCUT2D eigenvalue weighted by molar-refractivity contribution is 5.95. The lowest BCUT2D eigenvalue weighted by Gasteiger charge is -2.41. The van der Waals surface area contributed by atoms with Crippen LogP contribution in [0.1, 0.15) is 28.9 Å². The van der Waals surface area contributed by atoms with Crippen molar-refractivity contribution in [2.24, 2.45) is 0 Å². The van der Waals surface area contributed by atoms with Crippen LogP contribution in [0.2, 0.25) is 0 Å². The zero-order chi connectivity index (χ0) is 22.5. The van der Waals surface area contributed by atoms with Gasteiger partial charge in [-0.15, -0.1) is 0 Å². The fourth-order valence-corrected chi connectivity index (χ4v) is 3.73. The predicted octanol–water partition coefficient (Wildman–Crippen LogP) is 3.32. The van der Waals surface area contributed by atoms with E-state index in [1.165, 1.54) is 0 Å². The summed E-state index contributed by atoms with van der Waals surface area (Å²) >= 11 is 0. The lowest BCUT2D eigenvalue weighted by atomic mass is 10.0. The van der Waals surface area contributed by atoms with Crippen LogP contribution in [-0.4, -0.2) is 58.3 Å².